The molecule has 1 amide bonds. The standard InChI is InChI=1S/C11H11FN2O/c1-2-4-10(13)11(15)14-9-6-3-5-8(12)7-9/h1,3,5-7,10H,4,13H2,(H,14,15). The predicted molar refractivity (Wildman–Crippen MR) is 56.5 cm³/mol. The van der Waals surface area contributed by atoms with Crippen LogP contribution in [0, 0.1) is 18.2 Å². The highest BCUT2D eigenvalue weighted by molar-refractivity contribution is 5.94. The van der Waals surface area contributed by atoms with E-state index in [2.05, 4.69) is 11.2 Å². The van der Waals surface area contributed by atoms with Gasteiger partial charge < -0.3 is 11.1 Å². The van der Waals surface area contributed by atoms with E-state index in [0.29, 0.717) is 5.69 Å². The summed E-state index contributed by atoms with van der Waals surface area (Å²) >= 11 is 0. The fraction of sp³-hybridized carbons (Fsp3) is 0.182. The van der Waals surface area contributed by atoms with Crippen molar-refractivity contribution in [1.82, 2.24) is 0 Å². The number of hydrogen-bond acceptors (Lipinski definition) is 2. The highest BCUT2D eigenvalue weighted by Crippen LogP contribution is 2.09. The first-order valence-electron chi connectivity index (χ1n) is 4.39. The van der Waals surface area contributed by atoms with E-state index < -0.39 is 17.8 Å². The highest BCUT2D eigenvalue weighted by Gasteiger charge is 2.11. The molecule has 0 bridgehead atoms. The Hall–Kier alpha value is -1.86. The number of hydrogen-bond donors (Lipinski definition) is 2. The number of nitrogens with two attached hydrogens (primary N) is 1. The Morgan fingerprint density at radius 3 is 3.00 bits per heavy atom. The van der Waals surface area contributed by atoms with Gasteiger partial charge in [-0.1, -0.05) is 6.07 Å². The van der Waals surface area contributed by atoms with Crippen molar-refractivity contribution in [2.75, 3.05) is 5.32 Å². The summed E-state index contributed by atoms with van der Waals surface area (Å²) in [5.74, 6) is 1.45. The molecule has 1 atom stereocenters. The molecule has 1 aromatic carbocycles. The minimum absolute atomic E-state index is 0.154. The Bertz CT molecular complexity index is 398. The number of anilines is 1. The summed E-state index contributed by atoms with van der Waals surface area (Å²) in [6.07, 6.45) is 5.17. The van der Waals surface area contributed by atoms with Gasteiger partial charge in [-0.05, 0) is 18.2 Å². The molecule has 78 valence electrons. The monoisotopic (exact) mass is 206 g/mol. The molecule has 1 aromatic rings. The van der Waals surface area contributed by atoms with E-state index in [9.17, 15) is 9.18 Å². The SMILES string of the molecule is C#CCC(N)C(=O)Nc1cccc(F)c1. The Balaban J connectivity index is 2.63. The van der Waals surface area contributed by atoms with Crippen molar-refractivity contribution in [3.8, 4) is 12.3 Å². The second-order valence-corrected chi connectivity index (χ2v) is 3.01. The number of carbonyl (C=O) groups is 1. The smallest absolute Gasteiger partial charge is 0.242 e. The molecule has 0 aliphatic carbocycles. The highest BCUT2D eigenvalue weighted by atomic mass is 19.1. The van der Waals surface area contributed by atoms with Gasteiger partial charge in [0.25, 0.3) is 0 Å². The van der Waals surface area contributed by atoms with E-state index in [1.54, 1.807) is 6.07 Å². The fourth-order valence-electron chi connectivity index (χ4n) is 1.02. The number of terminal acetylenes is 1. The van der Waals surface area contributed by atoms with E-state index in [0.717, 1.165) is 0 Å². The third kappa shape index (κ3) is 3.41. The molecule has 0 aromatic heterocycles. The Labute approximate surface area is 87.5 Å². The number of nitrogens with one attached hydrogen (secondary N) is 1. The maximum absolute atomic E-state index is 12.8. The largest absolute Gasteiger partial charge is 0.325 e. The lowest BCUT2D eigenvalue weighted by Crippen LogP contribution is -2.35. The molecule has 3 nitrogen and oxygen atoms in total. The summed E-state index contributed by atoms with van der Waals surface area (Å²) in [5, 5.41) is 2.47. The van der Waals surface area contributed by atoms with Crippen LogP contribution in [-0.2, 0) is 4.79 Å². The molecule has 0 radical (unpaired) electrons. The molecule has 0 fully saturated rings. The van der Waals surface area contributed by atoms with Crippen LogP contribution in [0.3, 0.4) is 0 Å². The average Bonchev–Trinajstić information content (AvgIpc) is 2.18. The second-order valence-electron chi connectivity index (χ2n) is 3.01. The molecule has 3 N–H and O–H groups in total. The molecule has 1 rings (SSSR count). The maximum Gasteiger partial charge on any atom is 0.242 e. The van der Waals surface area contributed by atoms with Crippen molar-refractivity contribution in [1.29, 1.82) is 0 Å². The van der Waals surface area contributed by atoms with E-state index in [1.165, 1.54) is 18.2 Å². The van der Waals surface area contributed by atoms with Gasteiger partial charge >= 0.3 is 0 Å². The van der Waals surface area contributed by atoms with Gasteiger partial charge in [0.15, 0.2) is 0 Å². The minimum atomic E-state index is -0.765. The fourth-order valence-corrected chi connectivity index (χ4v) is 1.02. The second kappa shape index (κ2) is 5.13. The van der Waals surface area contributed by atoms with Crippen molar-refractivity contribution in [2.45, 2.75) is 12.5 Å². The molecule has 0 heterocycles. The van der Waals surface area contributed by atoms with Crippen LogP contribution in [-0.4, -0.2) is 11.9 Å². The zero-order valence-corrected chi connectivity index (χ0v) is 8.03. The molecule has 1 unspecified atom stereocenters. The van der Waals surface area contributed by atoms with Crippen LogP contribution in [0.4, 0.5) is 10.1 Å². The van der Waals surface area contributed by atoms with Gasteiger partial charge in [0, 0.05) is 12.1 Å². The summed E-state index contributed by atoms with van der Waals surface area (Å²) in [6.45, 7) is 0. The third-order valence-corrected chi connectivity index (χ3v) is 1.77. The molecule has 0 aliphatic heterocycles. The molecule has 0 spiro atoms. The van der Waals surface area contributed by atoms with Crippen molar-refractivity contribution in [3.63, 3.8) is 0 Å². The molecule has 0 saturated heterocycles. The molecule has 0 aliphatic rings. The van der Waals surface area contributed by atoms with E-state index in [4.69, 9.17) is 12.2 Å². The molecular weight excluding hydrogens is 195 g/mol. The number of amides is 1. The van der Waals surface area contributed by atoms with E-state index >= 15 is 0 Å². The quantitative estimate of drug-likeness (QED) is 0.728. The van der Waals surface area contributed by atoms with Crippen molar-refractivity contribution in [2.24, 2.45) is 5.73 Å². The Morgan fingerprint density at radius 2 is 2.40 bits per heavy atom. The van der Waals surface area contributed by atoms with Gasteiger partial charge in [0.2, 0.25) is 5.91 Å². The summed E-state index contributed by atoms with van der Waals surface area (Å²) in [5.41, 5.74) is 5.83. The van der Waals surface area contributed by atoms with Crippen LogP contribution in [0.5, 0.6) is 0 Å². The maximum atomic E-state index is 12.8. The summed E-state index contributed by atoms with van der Waals surface area (Å²) in [4.78, 5) is 11.4. The van der Waals surface area contributed by atoms with Gasteiger partial charge in [-0.3, -0.25) is 4.79 Å². The molecule has 0 saturated carbocycles. The third-order valence-electron chi connectivity index (χ3n) is 1.77. The lowest BCUT2D eigenvalue weighted by Gasteiger charge is -2.09. The normalized spacial score (nSPS) is 11.5. The molecule has 15 heavy (non-hydrogen) atoms. The zero-order valence-electron chi connectivity index (χ0n) is 8.03. The number of halogens is 1. The summed E-state index contributed by atoms with van der Waals surface area (Å²) in [6, 6.07) is 4.80. The van der Waals surface area contributed by atoms with Gasteiger partial charge in [-0.25, -0.2) is 4.39 Å². The van der Waals surface area contributed by atoms with Crippen LogP contribution in [0.2, 0.25) is 0 Å². The number of rotatable bonds is 3. The van der Waals surface area contributed by atoms with Crippen LogP contribution >= 0.6 is 0 Å². The Kier molecular flexibility index (Phi) is 3.83. The van der Waals surface area contributed by atoms with Crippen LogP contribution < -0.4 is 11.1 Å². The average molecular weight is 206 g/mol. The van der Waals surface area contributed by atoms with Crippen molar-refractivity contribution in [3.05, 3.63) is 30.1 Å². The first kappa shape index (κ1) is 11.2. The topological polar surface area (TPSA) is 55.1 Å². The number of benzene rings is 1. The van der Waals surface area contributed by atoms with E-state index in [1.807, 2.05) is 0 Å². The van der Waals surface area contributed by atoms with Gasteiger partial charge in [0.1, 0.15) is 5.82 Å². The predicted octanol–water partition coefficient (Wildman–Crippen LogP) is 1.11. The van der Waals surface area contributed by atoms with Crippen LogP contribution in [0.25, 0.3) is 0 Å². The first-order valence-corrected chi connectivity index (χ1v) is 4.39. The summed E-state index contributed by atoms with van der Waals surface area (Å²) in [7, 11) is 0. The van der Waals surface area contributed by atoms with E-state index in [-0.39, 0.29) is 6.42 Å². The molecule has 4 heteroatoms. The molecular formula is C11H11FN2O. The van der Waals surface area contributed by atoms with Crippen LogP contribution in [0.15, 0.2) is 24.3 Å². The lowest BCUT2D eigenvalue weighted by molar-refractivity contribution is -0.117. The minimum Gasteiger partial charge on any atom is -0.325 e. The lowest BCUT2D eigenvalue weighted by atomic mass is 10.2. The van der Waals surface area contributed by atoms with Gasteiger partial charge in [-0.2, -0.15) is 0 Å². The van der Waals surface area contributed by atoms with Crippen LogP contribution in [0.1, 0.15) is 6.42 Å². The zero-order chi connectivity index (χ0) is 11.3. The van der Waals surface area contributed by atoms with Gasteiger partial charge in [0.05, 0.1) is 6.04 Å². The summed E-state index contributed by atoms with van der Waals surface area (Å²) < 4.78 is 12.8. The first-order chi connectivity index (χ1) is 7.13. The Morgan fingerprint density at radius 1 is 1.67 bits per heavy atom. The number of carbonyl (C=O) groups excluding carboxylic acids is 1. The van der Waals surface area contributed by atoms with Crippen molar-refractivity contribution < 1.29 is 9.18 Å². The van der Waals surface area contributed by atoms with Crippen molar-refractivity contribution >= 4 is 11.6 Å². The van der Waals surface area contributed by atoms with Gasteiger partial charge in [-0.15, -0.1) is 12.3 Å².